The average Bonchev–Trinajstić information content (AvgIpc) is 2.69. The van der Waals surface area contributed by atoms with Gasteiger partial charge in [0, 0.05) is 23.6 Å². The van der Waals surface area contributed by atoms with Crippen LogP contribution in [0.5, 0.6) is 0 Å². The van der Waals surface area contributed by atoms with Crippen LogP contribution in [0, 0.1) is 0 Å². The maximum Gasteiger partial charge on any atom is 0.251 e. The van der Waals surface area contributed by atoms with E-state index in [0.29, 0.717) is 5.56 Å². The van der Waals surface area contributed by atoms with Crippen LogP contribution >= 0.6 is 0 Å². The molecule has 90 valence electrons. The van der Waals surface area contributed by atoms with Crippen LogP contribution in [0.2, 0.25) is 0 Å². The van der Waals surface area contributed by atoms with Crippen molar-refractivity contribution in [2.75, 3.05) is 6.26 Å². The maximum atomic E-state index is 11.7. The first-order chi connectivity index (χ1) is 7.99. The smallest absolute Gasteiger partial charge is 0.251 e. The SMILES string of the molecule is CS(=O)C1=C(N)c2c(CO)c[nH]c2C(=O)C1=O. The molecule has 1 heterocycles. The molecule has 7 heteroatoms. The predicted molar refractivity (Wildman–Crippen MR) is 61.2 cm³/mol. The number of hydrogen-bond acceptors (Lipinski definition) is 5. The Balaban J connectivity index is 2.79. The molecule has 2 rings (SSSR count). The first-order valence-electron chi connectivity index (χ1n) is 4.72. The average molecular weight is 254 g/mol. The summed E-state index contributed by atoms with van der Waals surface area (Å²) in [6.07, 6.45) is 2.69. The third kappa shape index (κ3) is 1.55. The number of aromatic amines is 1. The molecule has 1 aliphatic carbocycles. The molecule has 1 aromatic rings. The quantitative estimate of drug-likeness (QED) is 0.603. The highest BCUT2D eigenvalue weighted by atomic mass is 32.2. The van der Waals surface area contributed by atoms with E-state index in [2.05, 4.69) is 4.98 Å². The Morgan fingerprint density at radius 1 is 1.41 bits per heavy atom. The van der Waals surface area contributed by atoms with Gasteiger partial charge in [0.25, 0.3) is 5.78 Å². The standard InChI is InChI=1S/C10H10N2O4S/c1-17(16)10-6(11)5-4(3-13)2-12-7(5)8(14)9(10)15/h2,12-13H,3,11H2,1H3. The highest BCUT2D eigenvalue weighted by Crippen LogP contribution is 2.29. The molecule has 0 bridgehead atoms. The van der Waals surface area contributed by atoms with Gasteiger partial charge < -0.3 is 15.8 Å². The van der Waals surface area contributed by atoms with E-state index in [0.717, 1.165) is 0 Å². The van der Waals surface area contributed by atoms with E-state index in [1.54, 1.807) is 0 Å². The number of aliphatic hydroxyl groups is 1. The summed E-state index contributed by atoms with van der Waals surface area (Å²) in [4.78, 5) is 25.8. The van der Waals surface area contributed by atoms with Crippen LogP contribution in [0.3, 0.4) is 0 Å². The lowest BCUT2D eigenvalue weighted by molar-refractivity contribution is -0.111. The summed E-state index contributed by atoms with van der Waals surface area (Å²) in [6, 6.07) is 0. The van der Waals surface area contributed by atoms with Gasteiger partial charge in [-0.3, -0.25) is 13.8 Å². The van der Waals surface area contributed by atoms with E-state index >= 15 is 0 Å². The molecule has 0 aromatic carbocycles. The predicted octanol–water partition coefficient (Wildman–Crippen LogP) is -0.722. The van der Waals surface area contributed by atoms with Crippen molar-refractivity contribution in [3.8, 4) is 0 Å². The van der Waals surface area contributed by atoms with E-state index in [1.165, 1.54) is 12.5 Å². The number of aromatic nitrogens is 1. The van der Waals surface area contributed by atoms with Gasteiger partial charge in [-0.1, -0.05) is 0 Å². The molecule has 1 aromatic heterocycles. The molecular weight excluding hydrogens is 244 g/mol. The van der Waals surface area contributed by atoms with Crippen molar-refractivity contribution in [1.29, 1.82) is 0 Å². The van der Waals surface area contributed by atoms with Gasteiger partial charge in [-0.15, -0.1) is 0 Å². The number of carbonyl (C=O) groups excluding carboxylic acids is 2. The largest absolute Gasteiger partial charge is 0.397 e. The van der Waals surface area contributed by atoms with Crippen LogP contribution < -0.4 is 5.73 Å². The zero-order chi connectivity index (χ0) is 12.7. The summed E-state index contributed by atoms with van der Waals surface area (Å²) >= 11 is 0. The molecule has 4 N–H and O–H groups in total. The minimum Gasteiger partial charge on any atom is -0.397 e. The highest BCUT2D eigenvalue weighted by molar-refractivity contribution is 7.89. The van der Waals surface area contributed by atoms with Crippen LogP contribution in [0.25, 0.3) is 5.70 Å². The number of nitrogens with two attached hydrogens (primary N) is 1. The molecule has 6 nitrogen and oxygen atoms in total. The van der Waals surface area contributed by atoms with E-state index in [9.17, 15) is 13.8 Å². The van der Waals surface area contributed by atoms with Crippen molar-refractivity contribution < 1.29 is 18.9 Å². The first-order valence-corrected chi connectivity index (χ1v) is 6.28. The minimum atomic E-state index is -1.65. The molecule has 0 amide bonds. The summed E-state index contributed by atoms with van der Waals surface area (Å²) in [5.74, 6) is -1.64. The number of fused-ring (bicyclic) bond motifs is 1. The number of rotatable bonds is 2. The Bertz CT molecular complexity index is 585. The van der Waals surface area contributed by atoms with Crippen LogP contribution in [0.4, 0.5) is 0 Å². The van der Waals surface area contributed by atoms with E-state index in [4.69, 9.17) is 10.8 Å². The molecule has 0 radical (unpaired) electrons. The number of nitrogens with one attached hydrogen (secondary N) is 1. The Labute approximate surface area is 99.0 Å². The number of carbonyl (C=O) groups is 2. The molecule has 0 fully saturated rings. The summed E-state index contributed by atoms with van der Waals surface area (Å²) in [7, 11) is -1.65. The summed E-state index contributed by atoms with van der Waals surface area (Å²) in [5.41, 5.74) is 6.47. The second kappa shape index (κ2) is 3.94. The number of aliphatic hydroxyl groups excluding tert-OH is 1. The van der Waals surface area contributed by atoms with Gasteiger partial charge in [0.2, 0.25) is 5.78 Å². The molecule has 17 heavy (non-hydrogen) atoms. The fourth-order valence-electron chi connectivity index (χ4n) is 1.81. The number of Topliss-reactive ketones (excluding diaryl/α,β-unsaturated/α-hetero) is 2. The number of H-pyrrole nitrogens is 1. The molecule has 1 unspecified atom stereocenters. The van der Waals surface area contributed by atoms with Gasteiger partial charge in [-0.25, -0.2) is 0 Å². The monoisotopic (exact) mass is 254 g/mol. The van der Waals surface area contributed by atoms with Gasteiger partial charge in [-0.2, -0.15) is 0 Å². The van der Waals surface area contributed by atoms with Crippen LogP contribution in [-0.4, -0.2) is 32.1 Å². The second-order valence-electron chi connectivity index (χ2n) is 3.58. The topological polar surface area (TPSA) is 113 Å². The molecule has 0 aliphatic heterocycles. The third-order valence-electron chi connectivity index (χ3n) is 2.57. The maximum absolute atomic E-state index is 11.7. The molecule has 0 saturated heterocycles. The fourth-order valence-corrected chi connectivity index (χ4v) is 2.58. The lowest BCUT2D eigenvalue weighted by atomic mass is 9.97. The van der Waals surface area contributed by atoms with Gasteiger partial charge >= 0.3 is 0 Å². The highest BCUT2D eigenvalue weighted by Gasteiger charge is 2.36. The minimum absolute atomic E-state index is 0.00395. The Hall–Kier alpha value is -1.73. The fraction of sp³-hybridized carbons (Fsp3) is 0.200. The summed E-state index contributed by atoms with van der Waals surface area (Å²) < 4.78 is 11.4. The summed E-state index contributed by atoms with van der Waals surface area (Å²) in [5, 5.41) is 9.11. The molecule has 0 saturated carbocycles. The van der Waals surface area contributed by atoms with Crippen molar-refractivity contribution in [3.63, 3.8) is 0 Å². The first kappa shape index (κ1) is 11.7. The van der Waals surface area contributed by atoms with Crippen molar-refractivity contribution in [2.45, 2.75) is 6.61 Å². The van der Waals surface area contributed by atoms with Crippen LogP contribution in [-0.2, 0) is 22.2 Å². The number of allylic oxidation sites excluding steroid dienone is 1. The van der Waals surface area contributed by atoms with Crippen molar-refractivity contribution >= 4 is 28.1 Å². The summed E-state index contributed by atoms with van der Waals surface area (Å²) in [6.45, 7) is -0.322. The van der Waals surface area contributed by atoms with E-state index in [-0.39, 0.29) is 28.5 Å². The van der Waals surface area contributed by atoms with Crippen molar-refractivity contribution in [3.05, 3.63) is 27.9 Å². The Kier molecular flexibility index (Phi) is 2.72. The third-order valence-corrected chi connectivity index (χ3v) is 3.55. The number of hydrogen-bond donors (Lipinski definition) is 3. The molecular formula is C10H10N2O4S. The van der Waals surface area contributed by atoms with Crippen LogP contribution in [0.15, 0.2) is 11.1 Å². The lowest BCUT2D eigenvalue weighted by Gasteiger charge is -2.15. The van der Waals surface area contributed by atoms with Gasteiger partial charge in [0.1, 0.15) is 10.6 Å². The second-order valence-corrected chi connectivity index (χ2v) is 4.89. The molecule has 1 aliphatic rings. The van der Waals surface area contributed by atoms with Crippen molar-refractivity contribution in [1.82, 2.24) is 4.98 Å². The Morgan fingerprint density at radius 2 is 2.06 bits per heavy atom. The van der Waals surface area contributed by atoms with Gasteiger partial charge in [0.05, 0.1) is 23.1 Å². The lowest BCUT2D eigenvalue weighted by Crippen LogP contribution is -2.28. The van der Waals surface area contributed by atoms with Crippen molar-refractivity contribution in [2.24, 2.45) is 5.73 Å². The zero-order valence-electron chi connectivity index (χ0n) is 8.94. The van der Waals surface area contributed by atoms with E-state index < -0.39 is 22.4 Å². The van der Waals surface area contributed by atoms with Crippen LogP contribution in [0.1, 0.15) is 21.6 Å². The zero-order valence-corrected chi connectivity index (χ0v) is 9.76. The van der Waals surface area contributed by atoms with Gasteiger partial charge in [0.15, 0.2) is 0 Å². The van der Waals surface area contributed by atoms with Gasteiger partial charge in [-0.05, 0) is 0 Å². The normalized spacial score (nSPS) is 17.3. The number of ketones is 2. The van der Waals surface area contributed by atoms with E-state index in [1.807, 2.05) is 0 Å². The molecule has 0 spiro atoms. The molecule has 1 atom stereocenters. The Morgan fingerprint density at radius 3 is 2.59 bits per heavy atom.